The van der Waals surface area contributed by atoms with Crippen LogP contribution in [-0.2, 0) is 9.53 Å². The Morgan fingerprint density at radius 3 is 2.83 bits per heavy atom. The molecule has 2 rings (SSSR count). The number of hydrogen-bond acceptors (Lipinski definition) is 5. The van der Waals surface area contributed by atoms with Gasteiger partial charge in [0.05, 0.1) is 7.11 Å². The summed E-state index contributed by atoms with van der Waals surface area (Å²) in [4.78, 5) is 11.0. The van der Waals surface area contributed by atoms with Crippen LogP contribution in [0.4, 0.5) is 5.69 Å². The van der Waals surface area contributed by atoms with Crippen molar-refractivity contribution in [3.8, 4) is 11.5 Å². The van der Waals surface area contributed by atoms with Crippen molar-refractivity contribution in [1.29, 1.82) is 0 Å². The lowest BCUT2D eigenvalue weighted by molar-refractivity contribution is -0.140. The number of methoxy groups -OCH3 is 1. The Morgan fingerprint density at radius 2 is 2.11 bits per heavy atom. The van der Waals surface area contributed by atoms with Gasteiger partial charge in [-0.1, -0.05) is 0 Å². The van der Waals surface area contributed by atoms with Crippen LogP contribution >= 0.6 is 0 Å². The van der Waals surface area contributed by atoms with Crippen molar-refractivity contribution < 1.29 is 19.0 Å². The minimum absolute atomic E-state index is 0.181. The second-order valence-corrected chi connectivity index (χ2v) is 4.13. The summed E-state index contributed by atoms with van der Waals surface area (Å²) in [6.07, 6.45) is 1.16. The normalized spacial score (nSPS) is 12.3. The Labute approximate surface area is 106 Å². The highest BCUT2D eigenvalue weighted by atomic mass is 16.7. The molecule has 1 aliphatic heterocycles. The number of rotatable bonds is 5. The average Bonchev–Trinajstić information content (AvgIpc) is 2.81. The number of esters is 1. The molecule has 0 aliphatic carbocycles. The highest BCUT2D eigenvalue weighted by Crippen LogP contribution is 2.36. The van der Waals surface area contributed by atoms with Crippen LogP contribution in [0.25, 0.3) is 0 Å². The molecule has 0 bridgehead atoms. The van der Waals surface area contributed by atoms with E-state index in [0.717, 1.165) is 35.7 Å². The largest absolute Gasteiger partial charge is 0.469 e. The summed E-state index contributed by atoms with van der Waals surface area (Å²) < 4.78 is 15.2. The first-order valence-corrected chi connectivity index (χ1v) is 5.91. The van der Waals surface area contributed by atoms with E-state index in [0.29, 0.717) is 6.42 Å². The second-order valence-electron chi connectivity index (χ2n) is 4.13. The van der Waals surface area contributed by atoms with Crippen molar-refractivity contribution in [2.45, 2.75) is 19.8 Å². The minimum atomic E-state index is -0.181. The van der Waals surface area contributed by atoms with Gasteiger partial charge < -0.3 is 19.5 Å². The molecule has 5 nitrogen and oxygen atoms in total. The Hall–Kier alpha value is -1.91. The van der Waals surface area contributed by atoms with Crippen molar-refractivity contribution in [3.63, 3.8) is 0 Å². The lowest BCUT2D eigenvalue weighted by atomic mass is 10.1. The summed E-state index contributed by atoms with van der Waals surface area (Å²) >= 11 is 0. The van der Waals surface area contributed by atoms with E-state index in [1.54, 1.807) is 0 Å². The summed E-state index contributed by atoms with van der Waals surface area (Å²) in [5.41, 5.74) is 2.10. The van der Waals surface area contributed by atoms with Gasteiger partial charge in [0.25, 0.3) is 0 Å². The molecule has 98 valence electrons. The predicted octanol–water partition coefficient (Wildman–Crippen LogP) is 2.09. The van der Waals surface area contributed by atoms with Crippen LogP contribution in [0, 0.1) is 6.92 Å². The third-order valence-electron chi connectivity index (χ3n) is 2.82. The van der Waals surface area contributed by atoms with Gasteiger partial charge in [-0.2, -0.15) is 0 Å². The van der Waals surface area contributed by atoms with Crippen LogP contribution in [0.1, 0.15) is 18.4 Å². The molecule has 1 aromatic rings. The maximum Gasteiger partial charge on any atom is 0.305 e. The van der Waals surface area contributed by atoms with Gasteiger partial charge in [0, 0.05) is 24.7 Å². The van der Waals surface area contributed by atoms with E-state index in [1.165, 1.54) is 7.11 Å². The van der Waals surface area contributed by atoms with Crippen molar-refractivity contribution in [2.24, 2.45) is 0 Å². The zero-order chi connectivity index (χ0) is 13.0. The van der Waals surface area contributed by atoms with Crippen LogP contribution < -0.4 is 14.8 Å². The van der Waals surface area contributed by atoms with Gasteiger partial charge in [0.15, 0.2) is 11.5 Å². The fraction of sp³-hybridized carbons (Fsp3) is 0.462. The van der Waals surface area contributed by atoms with Gasteiger partial charge >= 0.3 is 5.97 Å². The van der Waals surface area contributed by atoms with E-state index in [9.17, 15) is 4.79 Å². The predicted molar refractivity (Wildman–Crippen MR) is 67.0 cm³/mol. The van der Waals surface area contributed by atoms with E-state index in [-0.39, 0.29) is 12.8 Å². The Morgan fingerprint density at radius 1 is 1.39 bits per heavy atom. The number of anilines is 1. The fourth-order valence-electron chi connectivity index (χ4n) is 1.79. The van der Waals surface area contributed by atoms with E-state index in [4.69, 9.17) is 9.47 Å². The molecule has 0 saturated heterocycles. The van der Waals surface area contributed by atoms with Crippen LogP contribution in [0.2, 0.25) is 0 Å². The summed E-state index contributed by atoms with van der Waals surface area (Å²) in [7, 11) is 1.40. The number of carbonyl (C=O) groups excluding carboxylic acids is 1. The third-order valence-corrected chi connectivity index (χ3v) is 2.82. The van der Waals surface area contributed by atoms with Gasteiger partial charge in [0.1, 0.15) is 0 Å². The van der Waals surface area contributed by atoms with Crippen molar-refractivity contribution >= 4 is 11.7 Å². The van der Waals surface area contributed by atoms with E-state index in [2.05, 4.69) is 10.1 Å². The first-order chi connectivity index (χ1) is 8.70. The maximum atomic E-state index is 11.0. The summed E-state index contributed by atoms with van der Waals surface area (Å²) in [5.74, 6) is 1.36. The summed E-state index contributed by atoms with van der Waals surface area (Å²) in [5, 5.41) is 3.28. The number of hydrogen-bond donors (Lipinski definition) is 1. The molecule has 18 heavy (non-hydrogen) atoms. The smallest absolute Gasteiger partial charge is 0.305 e. The first-order valence-electron chi connectivity index (χ1n) is 5.91. The summed E-state index contributed by atoms with van der Waals surface area (Å²) in [6.45, 7) is 3.00. The molecule has 1 aliphatic rings. The fourth-order valence-corrected chi connectivity index (χ4v) is 1.79. The quantitative estimate of drug-likeness (QED) is 0.641. The molecule has 0 spiro atoms. The molecule has 0 atom stereocenters. The first kappa shape index (κ1) is 12.5. The number of carbonyl (C=O) groups is 1. The number of benzene rings is 1. The third kappa shape index (κ3) is 2.85. The van der Waals surface area contributed by atoms with E-state index in [1.807, 2.05) is 19.1 Å². The molecule has 0 amide bonds. The molecule has 1 N–H and O–H groups in total. The zero-order valence-corrected chi connectivity index (χ0v) is 10.6. The molecule has 5 heteroatoms. The van der Waals surface area contributed by atoms with Crippen molar-refractivity contribution in [3.05, 3.63) is 17.7 Å². The van der Waals surface area contributed by atoms with Gasteiger partial charge in [-0.05, 0) is 25.0 Å². The Balaban J connectivity index is 1.88. The van der Waals surface area contributed by atoms with Crippen LogP contribution in [0.3, 0.4) is 0 Å². The molecule has 1 aromatic carbocycles. The number of fused-ring (bicyclic) bond motifs is 1. The van der Waals surface area contributed by atoms with Crippen molar-refractivity contribution in [2.75, 3.05) is 25.8 Å². The molecule has 0 unspecified atom stereocenters. The molecule has 0 fully saturated rings. The monoisotopic (exact) mass is 251 g/mol. The minimum Gasteiger partial charge on any atom is -0.469 e. The number of aryl methyl sites for hydroxylation is 1. The zero-order valence-electron chi connectivity index (χ0n) is 10.6. The highest BCUT2D eigenvalue weighted by molar-refractivity contribution is 5.69. The summed E-state index contributed by atoms with van der Waals surface area (Å²) in [6, 6.07) is 3.88. The van der Waals surface area contributed by atoms with Gasteiger partial charge in [-0.3, -0.25) is 4.79 Å². The lowest BCUT2D eigenvalue weighted by Crippen LogP contribution is -2.07. The van der Waals surface area contributed by atoms with Crippen LogP contribution in [-0.4, -0.2) is 26.4 Å². The Bertz CT molecular complexity index is 445. The van der Waals surface area contributed by atoms with Crippen molar-refractivity contribution in [1.82, 2.24) is 0 Å². The molecular formula is C13H17NO4. The molecule has 0 saturated carbocycles. The standard InChI is InChI=1S/C13H17NO4/c1-9-6-11-12(18-8-17-11)7-10(9)14-5-3-4-13(15)16-2/h6-7,14H,3-5,8H2,1-2H3. The highest BCUT2D eigenvalue weighted by Gasteiger charge is 2.15. The number of nitrogens with one attached hydrogen (secondary N) is 1. The molecular weight excluding hydrogens is 234 g/mol. The van der Waals surface area contributed by atoms with E-state index < -0.39 is 0 Å². The van der Waals surface area contributed by atoms with E-state index >= 15 is 0 Å². The second kappa shape index (κ2) is 5.62. The molecule has 0 aromatic heterocycles. The van der Waals surface area contributed by atoms with Crippen LogP contribution in [0.15, 0.2) is 12.1 Å². The maximum absolute atomic E-state index is 11.0. The number of ether oxygens (including phenoxy) is 3. The van der Waals surface area contributed by atoms with Gasteiger partial charge in [-0.25, -0.2) is 0 Å². The van der Waals surface area contributed by atoms with Crippen LogP contribution in [0.5, 0.6) is 11.5 Å². The topological polar surface area (TPSA) is 56.8 Å². The lowest BCUT2D eigenvalue weighted by Gasteiger charge is -2.10. The SMILES string of the molecule is COC(=O)CCCNc1cc2c(cc1C)OCO2. The average molecular weight is 251 g/mol. The molecule has 1 heterocycles. The van der Waals surface area contributed by atoms with Gasteiger partial charge in [-0.15, -0.1) is 0 Å². The van der Waals surface area contributed by atoms with Gasteiger partial charge in [0.2, 0.25) is 6.79 Å². The molecule has 0 radical (unpaired) electrons. The Kier molecular flexibility index (Phi) is 3.92.